The molecule has 0 atom stereocenters. The number of alkyl halides is 6. The summed E-state index contributed by atoms with van der Waals surface area (Å²) in [4.78, 5) is 12.9. The van der Waals surface area contributed by atoms with Gasteiger partial charge in [0.15, 0.2) is 11.6 Å². The molecule has 0 amide bonds. The average molecular weight is 513 g/mol. The fourth-order valence-electron chi connectivity index (χ4n) is 4.11. The molecule has 0 aliphatic carbocycles. The van der Waals surface area contributed by atoms with Gasteiger partial charge in [0.1, 0.15) is 5.75 Å². The molecule has 0 spiro atoms. The zero-order valence-corrected chi connectivity index (χ0v) is 20.1. The van der Waals surface area contributed by atoms with Crippen LogP contribution in [0.3, 0.4) is 0 Å². The highest BCUT2D eigenvalue weighted by Gasteiger charge is 2.38. The third-order valence-corrected chi connectivity index (χ3v) is 5.27. The number of benzene rings is 1. The van der Waals surface area contributed by atoms with Crippen LogP contribution in [0.25, 0.3) is 11.4 Å². The van der Waals surface area contributed by atoms with Crippen LogP contribution in [0.5, 0.6) is 5.75 Å². The van der Waals surface area contributed by atoms with Gasteiger partial charge in [0.25, 0.3) is 0 Å². The fourth-order valence-corrected chi connectivity index (χ4v) is 4.36. The second kappa shape index (κ2) is 8.66. The fraction of sp³-hybridized carbons (Fsp3) is 0.550. The van der Waals surface area contributed by atoms with Crippen molar-refractivity contribution in [3.05, 3.63) is 30.1 Å². The second-order valence-corrected chi connectivity index (χ2v) is 11.3. The van der Waals surface area contributed by atoms with E-state index >= 15 is 0 Å². The molecular formula is C20H23Cl3F3N5O. The Morgan fingerprint density at radius 2 is 1.53 bits per heavy atom. The molecule has 2 heterocycles. The van der Waals surface area contributed by atoms with E-state index in [1.807, 2.05) is 0 Å². The van der Waals surface area contributed by atoms with Crippen molar-refractivity contribution in [1.82, 2.24) is 20.3 Å². The zero-order chi connectivity index (χ0) is 23.9. The van der Waals surface area contributed by atoms with E-state index in [4.69, 9.17) is 34.8 Å². The lowest BCUT2D eigenvalue weighted by Crippen LogP contribution is -2.60. The van der Waals surface area contributed by atoms with Crippen LogP contribution in [0, 0.1) is 0 Å². The lowest BCUT2D eigenvalue weighted by Gasteiger charge is -2.46. The summed E-state index contributed by atoms with van der Waals surface area (Å²) < 4.78 is 39.2. The number of halogens is 6. The number of hydrogen-bond donors (Lipinski definition) is 2. The van der Waals surface area contributed by atoms with Crippen LogP contribution in [0.1, 0.15) is 46.4 Å². The number of aromatic nitrogens is 3. The molecule has 1 aromatic heterocycles. The Balaban J connectivity index is 1.92. The van der Waals surface area contributed by atoms with Crippen LogP contribution in [-0.4, -0.2) is 38.4 Å². The summed E-state index contributed by atoms with van der Waals surface area (Å²) in [6.07, 6.45) is -3.20. The molecule has 1 saturated heterocycles. The van der Waals surface area contributed by atoms with Gasteiger partial charge in [-0.05, 0) is 64.8 Å². The van der Waals surface area contributed by atoms with Gasteiger partial charge < -0.3 is 15.4 Å². The van der Waals surface area contributed by atoms with E-state index in [1.165, 1.54) is 12.1 Å². The Morgan fingerprint density at radius 3 is 2.03 bits per heavy atom. The van der Waals surface area contributed by atoms with Crippen molar-refractivity contribution in [2.75, 3.05) is 5.32 Å². The lowest BCUT2D eigenvalue weighted by molar-refractivity contribution is -0.274. The molecule has 2 aromatic rings. The predicted molar refractivity (Wildman–Crippen MR) is 119 cm³/mol. The highest BCUT2D eigenvalue weighted by atomic mass is 35.6. The van der Waals surface area contributed by atoms with Crippen LogP contribution in [-0.2, 0) is 3.79 Å². The number of nitrogens with zero attached hydrogens (tertiary/aromatic N) is 3. The standard InChI is InChI=1S/C20H23Cl3F3N5O/c1-17(2)9-12(10-18(3,4)31-17)27-16-29-14(28-15(30-16)19(21,22)23)11-5-7-13(8-6-11)32-20(24,25)26/h5-8,12,31H,9-10H2,1-4H3,(H,27,28,29,30). The Bertz CT molecular complexity index is 946. The van der Waals surface area contributed by atoms with Crippen LogP contribution < -0.4 is 15.4 Å². The van der Waals surface area contributed by atoms with E-state index in [9.17, 15) is 13.2 Å². The molecule has 0 bridgehead atoms. The van der Waals surface area contributed by atoms with E-state index < -0.39 is 10.2 Å². The second-order valence-electron chi connectivity index (χ2n) is 9.02. The molecule has 3 rings (SSSR count). The minimum absolute atomic E-state index is 0.0299. The number of nitrogens with one attached hydrogen (secondary N) is 2. The number of rotatable bonds is 4. The van der Waals surface area contributed by atoms with Gasteiger partial charge in [0.05, 0.1) is 0 Å². The molecule has 0 radical (unpaired) electrons. The summed E-state index contributed by atoms with van der Waals surface area (Å²) in [5.74, 6) is -0.104. The largest absolute Gasteiger partial charge is 0.573 e. The summed E-state index contributed by atoms with van der Waals surface area (Å²) in [5.41, 5.74) is 0.162. The minimum atomic E-state index is -4.79. The van der Waals surface area contributed by atoms with Crippen molar-refractivity contribution >= 4 is 40.8 Å². The first kappa shape index (κ1) is 25.1. The van der Waals surface area contributed by atoms with Gasteiger partial charge >= 0.3 is 6.36 Å². The molecule has 1 fully saturated rings. The molecule has 0 saturated carbocycles. The SMILES string of the molecule is CC1(C)CC(Nc2nc(-c3ccc(OC(F)(F)F)cc3)nc(C(Cl)(Cl)Cl)n2)CC(C)(C)N1. The first-order chi connectivity index (χ1) is 14.5. The maximum absolute atomic E-state index is 12.4. The molecule has 12 heteroatoms. The van der Waals surface area contributed by atoms with Crippen molar-refractivity contribution in [1.29, 1.82) is 0 Å². The Morgan fingerprint density at radius 1 is 0.969 bits per heavy atom. The van der Waals surface area contributed by atoms with Gasteiger partial charge in [-0.25, -0.2) is 4.98 Å². The van der Waals surface area contributed by atoms with Crippen LogP contribution >= 0.6 is 34.8 Å². The summed E-state index contributed by atoms with van der Waals surface area (Å²) in [7, 11) is 0. The summed E-state index contributed by atoms with van der Waals surface area (Å²) >= 11 is 18.0. The molecule has 176 valence electrons. The van der Waals surface area contributed by atoms with E-state index in [0.29, 0.717) is 5.56 Å². The lowest BCUT2D eigenvalue weighted by atomic mass is 9.80. The number of ether oxygens (including phenoxy) is 1. The van der Waals surface area contributed by atoms with E-state index in [0.717, 1.165) is 25.0 Å². The van der Waals surface area contributed by atoms with Gasteiger partial charge in [-0.1, -0.05) is 34.8 Å². The third kappa shape index (κ3) is 6.97. The molecule has 6 nitrogen and oxygen atoms in total. The number of piperidine rings is 1. The molecule has 32 heavy (non-hydrogen) atoms. The number of anilines is 1. The molecule has 0 unspecified atom stereocenters. The molecule has 1 aliphatic rings. The molecule has 1 aromatic carbocycles. The van der Waals surface area contributed by atoms with Crippen LogP contribution in [0.15, 0.2) is 24.3 Å². The Kier molecular flexibility index (Phi) is 6.79. The molecule has 2 N–H and O–H groups in total. The van der Waals surface area contributed by atoms with E-state index in [2.05, 4.69) is 58.0 Å². The third-order valence-electron chi connectivity index (χ3n) is 4.76. The van der Waals surface area contributed by atoms with Crippen molar-refractivity contribution in [3.8, 4) is 17.1 Å². The van der Waals surface area contributed by atoms with Crippen LogP contribution in [0.2, 0.25) is 0 Å². The average Bonchev–Trinajstić information content (AvgIpc) is 2.57. The topological polar surface area (TPSA) is 72.0 Å². The highest BCUT2D eigenvalue weighted by Crippen LogP contribution is 2.37. The molecule has 1 aliphatic heterocycles. The predicted octanol–water partition coefficient (Wildman–Crippen LogP) is 5.99. The van der Waals surface area contributed by atoms with Gasteiger partial charge in [-0.3, -0.25) is 0 Å². The van der Waals surface area contributed by atoms with Crippen molar-refractivity contribution in [3.63, 3.8) is 0 Å². The van der Waals surface area contributed by atoms with Crippen molar-refractivity contribution in [2.45, 2.75) is 67.8 Å². The highest BCUT2D eigenvalue weighted by molar-refractivity contribution is 6.66. The first-order valence-corrected chi connectivity index (χ1v) is 10.9. The first-order valence-electron chi connectivity index (χ1n) is 9.77. The maximum Gasteiger partial charge on any atom is 0.573 e. The van der Waals surface area contributed by atoms with Gasteiger partial charge in [-0.2, -0.15) is 9.97 Å². The van der Waals surface area contributed by atoms with E-state index in [1.54, 1.807) is 0 Å². The Labute approximate surface area is 199 Å². The van der Waals surface area contributed by atoms with Gasteiger partial charge in [0, 0.05) is 22.7 Å². The van der Waals surface area contributed by atoms with Crippen LogP contribution in [0.4, 0.5) is 19.1 Å². The minimum Gasteiger partial charge on any atom is -0.406 e. The summed E-state index contributed by atoms with van der Waals surface area (Å²) in [6.45, 7) is 8.44. The molecular weight excluding hydrogens is 490 g/mol. The summed E-state index contributed by atoms with van der Waals surface area (Å²) in [5, 5.41) is 6.90. The smallest absolute Gasteiger partial charge is 0.406 e. The van der Waals surface area contributed by atoms with E-state index in [-0.39, 0.29) is 40.5 Å². The quantitative estimate of drug-likeness (QED) is 0.491. The van der Waals surface area contributed by atoms with Gasteiger partial charge in [-0.15, -0.1) is 13.2 Å². The summed E-state index contributed by atoms with van der Waals surface area (Å²) in [6, 6.07) is 5.12. The van der Waals surface area contributed by atoms with Crippen molar-refractivity contribution in [2.24, 2.45) is 0 Å². The number of hydrogen-bond acceptors (Lipinski definition) is 6. The van der Waals surface area contributed by atoms with Crippen molar-refractivity contribution < 1.29 is 17.9 Å². The van der Waals surface area contributed by atoms with Gasteiger partial charge in [0.2, 0.25) is 9.74 Å². The zero-order valence-electron chi connectivity index (χ0n) is 17.8. The maximum atomic E-state index is 12.4. The Hall–Kier alpha value is -1.55. The monoisotopic (exact) mass is 511 g/mol. The normalized spacial score (nSPS) is 18.9.